The van der Waals surface area contributed by atoms with E-state index in [0.29, 0.717) is 0 Å². The monoisotopic (exact) mass is 125 g/mol. The predicted octanol–water partition coefficient (Wildman–Crippen LogP) is 0.573. The molecule has 0 saturated heterocycles. The van der Waals surface area contributed by atoms with Crippen LogP contribution in [0.4, 0.5) is 8.78 Å². The second-order valence-electron chi connectivity index (χ2n) is 1.57. The average Bonchev–Trinajstić information content (AvgIpc) is 1.61. The van der Waals surface area contributed by atoms with Crippen LogP contribution in [0.2, 0.25) is 0 Å². The van der Waals surface area contributed by atoms with Crippen molar-refractivity contribution in [3.05, 3.63) is 0 Å². The highest BCUT2D eigenvalue weighted by atomic mass is 19.3. The van der Waals surface area contributed by atoms with Crippen molar-refractivity contribution >= 4 is 0 Å². The third-order valence-electron chi connectivity index (χ3n) is 0.485. The third-order valence-corrected chi connectivity index (χ3v) is 0.485. The van der Waals surface area contributed by atoms with Crippen molar-refractivity contribution in [1.29, 1.82) is 0 Å². The molecule has 0 aromatic heterocycles. The van der Waals surface area contributed by atoms with Gasteiger partial charge in [-0.1, -0.05) is 0 Å². The van der Waals surface area contributed by atoms with E-state index in [4.69, 9.17) is 5.73 Å². The van der Waals surface area contributed by atoms with Crippen LogP contribution in [0, 0.1) is 0 Å². The molecule has 4 heteroatoms. The largest absolute Gasteiger partial charge is 0.345 e. The van der Waals surface area contributed by atoms with E-state index in [-0.39, 0.29) is 12.6 Å². The summed E-state index contributed by atoms with van der Waals surface area (Å²) in [5.74, 6) is 0. The van der Waals surface area contributed by atoms with Gasteiger partial charge < -0.3 is 10.5 Å². The Morgan fingerprint density at radius 2 is 2.12 bits per heavy atom. The van der Waals surface area contributed by atoms with Crippen molar-refractivity contribution < 1.29 is 13.5 Å². The van der Waals surface area contributed by atoms with Gasteiger partial charge in [0.25, 0.3) is 0 Å². The SMILES string of the molecule is C[C@H](N)COC(F)F. The van der Waals surface area contributed by atoms with Gasteiger partial charge in [0, 0.05) is 6.04 Å². The molecule has 0 heterocycles. The molecule has 0 aliphatic carbocycles. The third kappa shape index (κ3) is 5.78. The maximum absolute atomic E-state index is 11.1. The normalized spacial score (nSPS) is 14.6. The van der Waals surface area contributed by atoms with Crippen molar-refractivity contribution in [2.45, 2.75) is 19.6 Å². The molecule has 2 N–H and O–H groups in total. The number of nitrogens with two attached hydrogens (primary N) is 1. The van der Waals surface area contributed by atoms with Gasteiger partial charge in [-0.2, -0.15) is 8.78 Å². The Balaban J connectivity index is 2.93. The number of halogens is 2. The summed E-state index contributed by atoms with van der Waals surface area (Å²) in [7, 11) is 0. The Morgan fingerprint density at radius 1 is 1.62 bits per heavy atom. The van der Waals surface area contributed by atoms with Gasteiger partial charge in [-0.05, 0) is 6.92 Å². The fraction of sp³-hybridized carbons (Fsp3) is 1.00. The summed E-state index contributed by atoms with van der Waals surface area (Å²) in [5.41, 5.74) is 5.08. The molecule has 0 bridgehead atoms. The van der Waals surface area contributed by atoms with Crippen molar-refractivity contribution in [2.75, 3.05) is 6.61 Å². The first-order valence-electron chi connectivity index (χ1n) is 2.28. The number of ether oxygens (including phenoxy) is 1. The van der Waals surface area contributed by atoms with Crippen LogP contribution < -0.4 is 5.73 Å². The maximum atomic E-state index is 11.1. The number of hydrogen-bond donors (Lipinski definition) is 1. The number of rotatable bonds is 3. The first-order chi connectivity index (χ1) is 3.63. The van der Waals surface area contributed by atoms with Crippen LogP contribution in [0.5, 0.6) is 0 Å². The first-order valence-corrected chi connectivity index (χ1v) is 2.28. The summed E-state index contributed by atoms with van der Waals surface area (Å²) in [6.07, 6.45) is 0. The fourth-order valence-corrected chi connectivity index (χ4v) is 0.225. The van der Waals surface area contributed by atoms with Gasteiger partial charge in [-0.15, -0.1) is 0 Å². The van der Waals surface area contributed by atoms with Crippen molar-refractivity contribution in [1.82, 2.24) is 0 Å². The van der Waals surface area contributed by atoms with Gasteiger partial charge in [0.1, 0.15) is 0 Å². The summed E-state index contributed by atoms with van der Waals surface area (Å²) in [6.45, 7) is -1.18. The Morgan fingerprint density at radius 3 is 2.25 bits per heavy atom. The maximum Gasteiger partial charge on any atom is 0.345 e. The molecule has 50 valence electrons. The highest BCUT2D eigenvalue weighted by Crippen LogP contribution is 1.93. The lowest BCUT2D eigenvalue weighted by Crippen LogP contribution is -2.23. The van der Waals surface area contributed by atoms with E-state index in [2.05, 4.69) is 4.74 Å². The van der Waals surface area contributed by atoms with Gasteiger partial charge in [-0.25, -0.2) is 0 Å². The molecule has 0 saturated carbocycles. The molecule has 0 unspecified atom stereocenters. The van der Waals surface area contributed by atoms with Crippen LogP contribution in [0.15, 0.2) is 0 Å². The van der Waals surface area contributed by atoms with Gasteiger partial charge >= 0.3 is 6.61 Å². The van der Waals surface area contributed by atoms with Gasteiger partial charge in [0.15, 0.2) is 0 Å². The summed E-state index contributed by atoms with van der Waals surface area (Å²) >= 11 is 0. The van der Waals surface area contributed by atoms with Crippen LogP contribution in [0.1, 0.15) is 6.92 Å². The minimum absolute atomic E-state index is 0.0856. The molecular formula is C4H9F2NO. The van der Waals surface area contributed by atoms with E-state index in [9.17, 15) is 8.78 Å². The zero-order valence-corrected chi connectivity index (χ0v) is 4.60. The molecule has 0 radical (unpaired) electrons. The number of hydrogen-bond acceptors (Lipinski definition) is 2. The molecule has 1 atom stereocenters. The van der Waals surface area contributed by atoms with Crippen LogP contribution >= 0.6 is 0 Å². The molecule has 8 heavy (non-hydrogen) atoms. The molecule has 0 amide bonds. The van der Waals surface area contributed by atoms with Crippen LogP contribution in [0.3, 0.4) is 0 Å². The van der Waals surface area contributed by atoms with Gasteiger partial charge in [-0.3, -0.25) is 0 Å². The zero-order chi connectivity index (χ0) is 6.57. The first kappa shape index (κ1) is 7.78. The van der Waals surface area contributed by atoms with E-state index < -0.39 is 6.61 Å². The van der Waals surface area contributed by atoms with Crippen molar-refractivity contribution in [2.24, 2.45) is 5.73 Å². The molecule has 0 aliphatic rings. The molecule has 2 nitrogen and oxygen atoms in total. The van der Waals surface area contributed by atoms with Gasteiger partial charge in [0.05, 0.1) is 6.61 Å². The Hall–Kier alpha value is -0.220. The Labute approximate surface area is 46.6 Å². The summed E-state index contributed by atoms with van der Waals surface area (Å²) in [5, 5.41) is 0. The summed E-state index contributed by atoms with van der Waals surface area (Å²) in [6, 6.07) is -0.316. The zero-order valence-electron chi connectivity index (χ0n) is 4.60. The van der Waals surface area contributed by atoms with Crippen LogP contribution in [-0.2, 0) is 4.74 Å². The quantitative estimate of drug-likeness (QED) is 0.598. The average molecular weight is 125 g/mol. The molecule has 0 rings (SSSR count). The fourth-order valence-electron chi connectivity index (χ4n) is 0.225. The molecule has 0 aromatic rings. The van der Waals surface area contributed by atoms with Crippen LogP contribution in [0.25, 0.3) is 0 Å². The Kier molecular flexibility index (Phi) is 3.64. The Bertz CT molecular complexity index is 50.0. The minimum Gasteiger partial charge on any atom is -0.326 e. The van der Waals surface area contributed by atoms with E-state index in [0.717, 1.165) is 0 Å². The highest BCUT2D eigenvalue weighted by Gasteiger charge is 2.01. The predicted molar refractivity (Wildman–Crippen MR) is 25.6 cm³/mol. The molecular weight excluding hydrogens is 116 g/mol. The molecule has 0 spiro atoms. The van der Waals surface area contributed by atoms with E-state index in [1.807, 2.05) is 0 Å². The second kappa shape index (κ2) is 3.74. The molecule has 0 aromatic carbocycles. The standard InChI is InChI=1S/C4H9F2NO/c1-3(7)2-8-4(5)6/h3-4H,2,7H2,1H3/t3-/m0/s1. The smallest absolute Gasteiger partial charge is 0.326 e. The van der Waals surface area contributed by atoms with E-state index in [1.165, 1.54) is 0 Å². The molecule has 0 fully saturated rings. The van der Waals surface area contributed by atoms with Crippen molar-refractivity contribution in [3.8, 4) is 0 Å². The van der Waals surface area contributed by atoms with E-state index in [1.54, 1.807) is 6.92 Å². The summed E-state index contributed by atoms with van der Waals surface area (Å²) < 4.78 is 26.1. The minimum atomic E-state index is -2.69. The van der Waals surface area contributed by atoms with Gasteiger partial charge in [0.2, 0.25) is 0 Å². The summed E-state index contributed by atoms with van der Waals surface area (Å²) in [4.78, 5) is 0. The lowest BCUT2D eigenvalue weighted by atomic mass is 10.4. The second-order valence-corrected chi connectivity index (χ2v) is 1.57. The highest BCUT2D eigenvalue weighted by molar-refractivity contribution is 4.46. The van der Waals surface area contributed by atoms with Crippen LogP contribution in [-0.4, -0.2) is 19.3 Å². The van der Waals surface area contributed by atoms with E-state index >= 15 is 0 Å². The lowest BCUT2D eigenvalue weighted by Gasteiger charge is -2.03. The molecule has 0 aliphatic heterocycles. The topological polar surface area (TPSA) is 35.2 Å². The lowest BCUT2D eigenvalue weighted by molar-refractivity contribution is -0.131. The number of alkyl halides is 2. The van der Waals surface area contributed by atoms with Crippen molar-refractivity contribution in [3.63, 3.8) is 0 Å².